The van der Waals surface area contributed by atoms with Gasteiger partial charge in [-0.25, -0.2) is 0 Å². The lowest BCUT2D eigenvalue weighted by Crippen LogP contribution is -2.31. The molecule has 28 heavy (non-hydrogen) atoms. The summed E-state index contributed by atoms with van der Waals surface area (Å²) in [4.78, 5) is 27.5. The molecule has 1 atom stereocenters. The molecule has 1 aliphatic heterocycles. The summed E-state index contributed by atoms with van der Waals surface area (Å²) < 4.78 is 11.0. The van der Waals surface area contributed by atoms with Crippen LogP contribution in [0.25, 0.3) is 0 Å². The normalized spacial score (nSPS) is 16.9. The monoisotopic (exact) mass is 377 g/mol. The van der Waals surface area contributed by atoms with Gasteiger partial charge in [-0.1, -0.05) is 12.1 Å². The van der Waals surface area contributed by atoms with E-state index in [1.54, 1.807) is 25.1 Å². The van der Waals surface area contributed by atoms with Crippen LogP contribution in [0.1, 0.15) is 39.2 Å². The molecule has 0 bridgehead atoms. The molecule has 0 saturated heterocycles. The minimum Gasteiger partial charge on any atom is -0.503 e. The van der Waals surface area contributed by atoms with Crippen molar-refractivity contribution in [2.45, 2.75) is 26.8 Å². The van der Waals surface area contributed by atoms with Gasteiger partial charge in [0.15, 0.2) is 11.5 Å². The predicted octanol–water partition coefficient (Wildman–Crippen LogP) is 4.58. The van der Waals surface area contributed by atoms with Crippen LogP contribution >= 0.6 is 0 Å². The first-order valence-electron chi connectivity index (χ1n) is 8.87. The number of furan rings is 2. The van der Waals surface area contributed by atoms with E-state index in [-0.39, 0.29) is 11.3 Å². The highest BCUT2D eigenvalue weighted by molar-refractivity contribution is 6.20. The van der Waals surface area contributed by atoms with E-state index in [4.69, 9.17) is 8.83 Å². The van der Waals surface area contributed by atoms with Crippen LogP contribution in [-0.2, 0) is 4.79 Å². The third kappa shape index (κ3) is 2.74. The Hall–Kier alpha value is -3.54. The molecule has 1 aliphatic rings. The summed E-state index contributed by atoms with van der Waals surface area (Å²) in [6.07, 6.45) is 1.37. The van der Waals surface area contributed by atoms with Gasteiger partial charge < -0.3 is 13.9 Å². The van der Waals surface area contributed by atoms with E-state index < -0.39 is 23.5 Å². The fraction of sp³-hybridized carbons (Fsp3) is 0.182. The highest BCUT2D eigenvalue weighted by Gasteiger charge is 2.47. The molecule has 6 heteroatoms. The average Bonchev–Trinajstić information content (AvgIpc) is 3.38. The van der Waals surface area contributed by atoms with E-state index >= 15 is 0 Å². The van der Waals surface area contributed by atoms with Crippen LogP contribution < -0.4 is 4.90 Å². The number of aliphatic hydroxyl groups is 1. The number of amides is 1. The minimum atomic E-state index is -0.890. The number of benzene rings is 1. The zero-order chi connectivity index (χ0) is 20.0. The second-order valence-corrected chi connectivity index (χ2v) is 6.88. The molecule has 0 fully saturated rings. The van der Waals surface area contributed by atoms with Gasteiger partial charge in [-0.15, -0.1) is 0 Å². The van der Waals surface area contributed by atoms with E-state index in [0.717, 1.165) is 11.1 Å². The number of carbonyl (C=O) groups is 2. The van der Waals surface area contributed by atoms with Crippen molar-refractivity contribution in [1.82, 2.24) is 0 Å². The zero-order valence-electron chi connectivity index (χ0n) is 15.7. The Balaban J connectivity index is 1.91. The van der Waals surface area contributed by atoms with Crippen LogP contribution in [0.2, 0.25) is 0 Å². The number of hydrogen-bond acceptors (Lipinski definition) is 5. The lowest BCUT2D eigenvalue weighted by Gasteiger charge is -2.26. The quantitative estimate of drug-likeness (QED) is 0.673. The number of Topliss-reactive ketones (excluding diaryl/α,β-unsaturated/α-hetero) is 1. The first-order chi connectivity index (χ1) is 13.4. The van der Waals surface area contributed by atoms with E-state index in [2.05, 4.69) is 0 Å². The summed E-state index contributed by atoms with van der Waals surface area (Å²) in [5.74, 6) is -0.720. The summed E-state index contributed by atoms with van der Waals surface area (Å²) in [5, 5.41) is 10.6. The van der Waals surface area contributed by atoms with Crippen LogP contribution in [0.5, 0.6) is 0 Å². The molecule has 0 spiro atoms. The Morgan fingerprint density at radius 2 is 1.89 bits per heavy atom. The second kappa shape index (κ2) is 6.56. The molecule has 0 radical (unpaired) electrons. The molecule has 4 rings (SSSR count). The van der Waals surface area contributed by atoms with Crippen LogP contribution in [0.15, 0.2) is 68.9 Å². The first-order valence-corrected chi connectivity index (χ1v) is 8.87. The summed E-state index contributed by atoms with van der Waals surface area (Å²) in [7, 11) is 0. The van der Waals surface area contributed by atoms with Crippen LogP contribution in [0.3, 0.4) is 0 Å². The number of ketones is 1. The van der Waals surface area contributed by atoms with Crippen molar-refractivity contribution in [1.29, 1.82) is 0 Å². The Morgan fingerprint density at radius 1 is 1.11 bits per heavy atom. The van der Waals surface area contributed by atoms with Crippen molar-refractivity contribution >= 4 is 17.4 Å². The smallest absolute Gasteiger partial charge is 0.294 e. The second-order valence-electron chi connectivity index (χ2n) is 6.88. The van der Waals surface area contributed by atoms with Crippen LogP contribution in [-0.4, -0.2) is 16.8 Å². The van der Waals surface area contributed by atoms with E-state index in [9.17, 15) is 14.7 Å². The van der Waals surface area contributed by atoms with E-state index in [0.29, 0.717) is 17.2 Å². The molecule has 2 aromatic heterocycles. The number of aliphatic hydroxyl groups excluding tert-OH is 1. The molecule has 1 N–H and O–H groups in total. The fourth-order valence-corrected chi connectivity index (χ4v) is 3.47. The number of aryl methyl sites for hydroxylation is 3. The van der Waals surface area contributed by atoms with Gasteiger partial charge in [0.2, 0.25) is 5.78 Å². The number of nitrogens with zero attached hydrogens (tertiary/aromatic N) is 1. The summed E-state index contributed by atoms with van der Waals surface area (Å²) in [6, 6.07) is 11.3. The third-order valence-corrected chi connectivity index (χ3v) is 4.85. The number of carbonyl (C=O) groups excluding carboxylic acids is 2. The third-order valence-electron chi connectivity index (χ3n) is 4.85. The summed E-state index contributed by atoms with van der Waals surface area (Å²) >= 11 is 0. The maximum Gasteiger partial charge on any atom is 0.294 e. The molecule has 6 nitrogen and oxygen atoms in total. The minimum absolute atomic E-state index is 0.0467. The van der Waals surface area contributed by atoms with Crippen molar-refractivity contribution < 1.29 is 23.5 Å². The van der Waals surface area contributed by atoms with Crippen molar-refractivity contribution in [3.05, 3.63) is 88.5 Å². The highest BCUT2D eigenvalue weighted by atomic mass is 16.3. The van der Waals surface area contributed by atoms with Gasteiger partial charge in [0, 0.05) is 5.69 Å². The highest BCUT2D eigenvalue weighted by Crippen LogP contribution is 2.43. The molecule has 0 saturated carbocycles. The summed E-state index contributed by atoms with van der Waals surface area (Å²) in [6.45, 7) is 5.56. The van der Waals surface area contributed by atoms with Crippen molar-refractivity contribution in [2.75, 3.05) is 4.90 Å². The lowest BCUT2D eigenvalue weighted by molar-refractivity contribution is -0.117. The van der Waals surface area contributed by atoms with Crippen LogP contribution in [0, 0.1) is 20.8 Å². The number of rotatable bonds is 4. The van der Waals surface area contributed by atoms with Gasteiger partial charge in [0.05, 0.1) is 11.8 Å². The molecule has 142 valence electrons. The molecule has 3 heterocycles. The molecule has 3 aromatic rings. The predicted molar refractivity (Wildman–Crippen MR) is 102 cm³/mol. The van der Waals surface area contributed by atoms with Crippen molar-refractivity contribution in [3.63, 3.8) is 0 Å². The first kappa shape index (κ1) is 17.9. The average molecular weight is 377 g/mol. The van der Waals surface area contributed by atoms with Gasteiger partial charge in [0.25, 0.3) is 5.91 Å². The molecule has 1 amide bonds. The van der Waals surface area contributed by atoms with E-state index in [1.165, 1.54) is 17.2 Å². The van der Waals surface area contributed by atoms with Gasteiger partial charge >= 0.3 is 0 Å². The molecular weight excluding hydrogens is 358 g/mol. The molecule has 1 aromatic carbocycles. The number of anilines is 1. The fourth-order valence-electron chi connectivity index (χ4n) is 3.47. The maximum absolute atomic E-state index is 13.1. The van der Waals surface area contributed by atoms with Gasteiger partial charge in [-0.05, 0) is 62.2 Å². The Labute approximate surface area is 161 Å². The van der Waals surface area contributed by atoms with Crippen molar-refractivity contribution in [2.24, 2.45) is 0 Å². The summed E-state index contributed by atoms with van der Waals surface area (Å²) in [5.41, 5.74) is 2.34. The molecule has 0 aliphatic carbocycles. The number of hydrogen-bond donors (Lipinski definition) is 1. The van der Waals surface area contributed by atoms with Crippen LogP contribution in [0.4, 0.5) is 5.69 Å². The molecule has 1 unspecified atom stereocenters. The van der Waals surface area contributed by atoms with Gasteiger partial charge in [0.1, 0.15) is 17.6 Å². The van der Waals surface area contributed by atoms with Gasteiger partial charge in [-0.2, -0.15) is 0 Å². The Morgan fingerprint density at radius 3 is 2.54 bits per heavy atom. The van der Waals surface area contributed by atoms with Crippen molar-refractivity contribution in [3.8, 4) is 0 Å². The SMILES string of the molecule is Cc1ccc(C)c(N2C(=O)C(O)=C(C(=O)c3ccco3)C2c2ccc(C)o2)c1. The standard InChI is InChI=1S/C22H19NO5/c1-12-6-7-13(2)15(11-12)23-19(16-9-8-14(3)28-16)18(21(25)22(23)26)20(24)17-5-4-10-27-17/h4-11,19,25H,1-3H3. The lowest BCUT2D eigenvalue weighted by atomic mass is 9.99. The Bertz CT molecular complexity index is 1100. The maximum atomic E-state index is 13.1. The molecular formula is C22H19NO5. The Kier molecular flexibility index (Phi) is 4.19. The van der Waals surface area contributed by atoms with E-state index in [1.807, 2.05) is 32.0 Å². The zero-order valence-corrected chi connectivity index (χ0v) is 15.7. The topological polar surface area (TPSA) is 83.9 Å². The largest absolute Gasteiger partial charge is 0.503 e. The van der Waals surface area contributed by atoms with Gasteiger partial charge in [-0.3, -0.25) is 14.5 Å².